The summed E-state index contributed by atoms with van der Waals surface area (Å²) < 4.78 is 0. The summed E-state index contributed by atoms with van der Waals surface area (Å²) in [5, 5.41) is 8.52. The Balaban J connectivity index is 2.98. The van der Waals surface area contributed by atoms with Gasteiger partial charge in [0.25, 0.3) is 0 Å². The Hall–Kier alpha value is -1.57. The number of hydrogen-bond acceptors (Lipinski definition) is 1. The number of carboxylic acid groups (broad SMARTS) is 1. The summed E-state index contributed by atoms with van der Waals surface area (Å²) in [6.07, 6.45) is 2.79. The Labute approximate surface area is 90.3 Å². The molecule has 0 saturated carbocycles. The highest BCUT2D eigenvalue weighted by molar-refractivity contribution is 5.85. The molecule has 1 N–H and O–H groups in total. The Morgan fingerprint density at radius 2 is 2.07 bits per heavy atom. The SMILES string of the molecule is Cc1cc(C(C)C)ccc1/C=C/C(=O)O. The fraction of sp³-hybridized carbons (Fsp3) is 0.308. The summed E-state index contributed by atoms with van der Waals surface area (Å²) in [4.78, 5) is 10.4. The van der Waals surface area contributed by atoms with Crippen LogP contribution in [0.2, 0.25) is 0 Å². The summed E-state index contributed by atoms with van der Waals surface area (Å²) in [7, 11) is 0. The first-order valence-corrected chi connectivity index (χ1v) is 5.02. The van der Waals surface area contributed by atoms with Gasteiger partial charge in [0.05, 0.1) is 0 Å². The van der Waals surface area contributed by atoms with Crippen LogP contribution in [0.4, 0.5) is 0 Å². The summed E-state index contributed by atoms with van der Waals surface area (Å²) in [5.41, 5.74) is 3.35. The van der Waals surface area contributed by atoms with Gasteiger partial charge in [0.15, 0.2) is 0 Å². The zero-order chi connectivity index (χ0) is 11.4. The predicted molar refractivity (Wildman–Crippen MR) is 61.9 cm³/mol. The smallest absolute Gasteiger partial charge is 0.328 e. The first-order valence-electron chi connectivity index (χ1n) is 5.02. The van der Waals surface area contributed by atoms with E-state index in [0.29, 0.717) is 5.92 Å². The lowest BCUT2D eigenvalue weighted by molar-refractivity contribution is -0.131. The second-order valence-electron chi connectivity index (χ2n) is 3.94. The number of benzene rings is 1. The fourth-order valence-corrected chi connectivity index (χ4v) is 1.41. The van der Waals surface area contributed by atoms with E-state index in [1.165, 1.54) is 5.56 Å². The number of aliphatic carboxylic acids is 1. The Kier molecular flexibility index (Phi) is 3.67. The molecule has 1 aromatic carbocycles. The number of hydrogen-bond donors (Lipinski definition) is 1. The molecule has 0 amide bonds. The Morgan fingerprint density at radius 1 is 1.40 bits per heavy atom. The molecule has 0 saturated heterocycles. The average Bonchev–Trinajstić information content (AvgIpc) is 2.15. The van der Waals surface area contributed by atoms with Gasteiger partial charge in [-0.1, -0.05) is 32.0 Å². The van der Waals surface area contributed by atoms with Gasteiger partial charge in [-0.3, -0.25) is 0 Å². The van der Waals surface area contributed by atoms with Gasteiger partial charge in [-0.05, 0) is 35.6 Å². The van der Waals surface area contributed by atoms with Crippen molar-refractivity contribution in [1.29, 1.82) is 0 Å². The molecule has 1 rings (SSSR count). The van der Waals surface area contributed by atoms with Gasteiger partial charge in [-0.15, -0.1) is 0 Å². The molecule has 0 aliphatic heterocycles. The van der Waals surface area contributed by atoms with Crippen molar-refractivity contribution >= 4 is 12.0 Å². The van der Waals surface area contributed by atoms with E-state index in [1.807, 2.05) is 19.1 Å². The van der Waals surface area contributed by atoms with Crippen LogP contribution < -0.4 is 0 Å². The standard InChI is InChI=1S/C13H16O2/c1-9(2)12-5-4-11(10(3)8-12)6-7-13(14)15/h4-9H,1-3H3,(H,14,15)/b7-6+. The monoisotopic (exact) mass is 204 g/mol. The van der Waals surface area contributed by atoms with E-state index < -0.39 is 5.97 Å². The van der Waals surface area contributed by atoms with Gasteiger partial charge in [-0.25, -0.2) is 4.79 Å². The van der Waals surface area contributed by atoms with Gasteiger partial charge in [0.2, 0.25) is 0 Å². The molecule has 0 bridgehead atoms. The van der Waals surface area contributed by atoms with Crippen molar-refractivity contribution in [3.63, 3.8) is 0 Å². The molecular weight excluding hydrogens is 188 g/mol. The van der Waals surface area contributed by atoms with Crippen molar-refractivity contribution < 1.29 is 9.90 Å². The van der Waals surface area contributed by atoms with Crippen LogP contribution >= 0.6 is 0 Å². The molecule has 0 unspecified atom stereocenters. The highest BCUT2D eigenvalue weighted by Gasteiger charge is 2.01. The highest BCUT2D eigenvalue weighted by atomic mass is 16.4. The van der Waals surface area contributed by atoms with Crippen molar-refractivity contribution in [3.05, 3.63) is 41.0 Å². The van der Waals surface area contributed by atoms with Crippen molar-refractivity contribution in [2.24, 2.45) is 0 Å². The van der Waals surface area contributed by atoms with Crippen molar-refractivity contribution in [2.45, 2.75) is 26.7 Å². The lowest BCUT2D eigenvalue weighted by Crippen LogP contribution is -1.91. The molecule has 0 heterocycles. The molecule has 0 atom stereocenters. The first-order chi connectivity index (χ1) is 7.00. The molecule has 0 radical (unpaired) electrons. The highest BCUT2D eigenvalue weighted by Crippen LogP contribution is 2.19. The van der Waals surface area contributed by atoms with E-state index >= 15 is 0 Å². The lowest BCUT2D eigenvalue weighted by atomic mass is 9.98. The van der Waals surface area contributed by atoms with Crippen LogP contribution in [0.1, 0.15) is 36.5 Å². The van der Waals surface area contributed by atoms with E-state index in [9.17, 15) is 4.79 Å². The van der Waals surface area contributed by atoms with Gasteiger partial charge in [0.1, 0.15) is 0 Å². The number of aryl methyl sites for hydroxylation is 1. The molecule has 1 aromatic rings. The summed E-state index contributed by atoms with van der Waals surface area (Å²) in [6, 6.07) is 6.11. The van der Waals surface area contributed by atoms with Crippen LogP contribution in [0, 0.1) is 6.92 Å². The van der Waals surface area contributed by atoms with E-state index in [0.717, 1.165) is 17.2 Å². The molecule has 0 aromatic heterocycles. The molecule has 0 aliphatic carbocycles. The quantitative estimate of drug-likeness (QED) is 0.767. The Bertz CT molecular complexity index is 390. The normalized spacial score (nSPS) is 11.2. The number of carboxylic acids is 1. The average molecular weight is 204 g/mol. The minimum absolute atomic E-state index is 0.501. The summed E-state index contributed by atoms with van der Waals surface area (Å²) >= 11 is 0. The van der Waals surface area contributed by atoms with E-state index in [2.05, 4.69) is 19.9 Å². The van der Waals surface area contributed by atoms with E-state index in [-0.39, 0.29) is 0 Å². The maximum atomic E-state index is 10.4. The number of rotatable bonds is 3. The van der Waals surface area contributed by atoms with Gasteiger partial charge >= 0.3 is 5.97 Å². The third-order valence-corrected chi connectivity index (χ3v) is 2.37. The lowest BCUT2D eigenvalue weighted by Gasteiger charge is -2.08. The maximum Gasteiger partial charge on any atom is 0.328 e. The maximum absolute atomic E-state index is 10.4. The van der Waals surface area contributed by atoms with Gasteiger partial charge < -0.3 is 5.11 Å². The van der Waals surface area contributed by atoms with Crippen LogP contribution in [0.15, 0.2) is 24.3 Å². The molecule has 0 aliphatic rings. The molecular formula is C13H16O2. The van der Waals surface area contributed by atoms with Crippen molar-refractivity contribution in [2.75, 3.05) is 0 Å². The minimum atomic E-state index is -0.915. The van der Waals surface area contributed by atoms with Gasteiger partial charge in [0, 0.05) is 6.08 Å². The zero-order valence-electron chi connectivity index (χ0n) is 9.32. The summed E-state index contributed by atoms with van der Waals surface area (Å²) in [5.74, 6) is -0.413. The first kappa shape index (κ1) is 11.5. The molecule has 2 heteroatoms. The van der Waals surface area contributed by atoms with E-state index in [1.54, 1.807) is 6.08 Å². The van der Waals surface area contributed by atoms with Crippen LogP contribution in [0.25, 0.3) is 6.08 Å². The van der Waals surface area contributed by atoms with Crippen LogP contribution in [-0.2, 0) is 4.79 Å². The molecule has 15 heavy (non-hydrogen) atoms. The Morgan fingerprint density at radius 3 is 2.53 bits per heavy atom. The zero-order valence-corrected chi connectivity index (χ0v) is 9.32. The number of carbonyl (C=O) groups is 1. The van der Waals surface area contributed by atoms with Gasteiger partial charge in [-0.2, -0.15) is 0 Å². The third kappa shape index (κ3) is 3.24. The van der Waals surface area contributed by atoms with Crippen LogP contribution in [0.5, 0.6) is 0 Å². The second kappa shape index (κ2) is 4.78. The second-order valence-corrected chi connectivity index (χ2v) is 3.94. The van der Waals surface area contributed by atoms with Crippen molar-refractivity contribution in [1.82, 2.24) is 0 Å². The molecule has 0 spiro atoms. The largest absolute Gasteiger partial charge is 0.478 e. The molecule has 0 fully saturated rings. The summed E-state index contributed by atoms with van der Waals surface area (Å²) in [6.45, 7) is 6.27. The van der Waals surface area contributed by atoms with Crippen LogP contribution in [-0.4, -0.2) is 11.1 Å². The van der Waals surface area contributed by atoms with E-state index in [4.69, 9.17) is 5.11 Å². The van der Waals surface area contributed by atoms with Crippen LogP contribution in [0.3, 0.4) is 0 Å². The topological polar surface area (TPSA) is 37.3 Å². The minimum Gasteiger partial charge on any atom is -0.478 e. The third-order valence-electron chi connectivity index (χ3n) is 2.37. The van der Waals surface area contributed by atoms with Crippen molar-refractivity contribution in [3.8, 4) is 0 Å². The molecule has 2 nitrogen and oxygen atoms in total. The predicted octanol–water partition coefficient (Wildman–Crippen LogP) is 3.22. The fourth-order valence-electron chi connectivity index (χ4n) is 1.41. The molecule has 80 valence electrons.